The van der Waals surface area contributed by atoms with Gasteiger partial charge in [-0.2, -0.15) is 0 Å². The van der Waals surface area contributed by atoms with Crippen LogP contribution < -0.4 is 10.0 Å². The second-order valence-corrected chi connectivity index (χ2v) is 12.2. The number of piperidine rings is 1. The van der Waals surface area contributed by atoms with E-state index >= 15 is 0 Å². The first-order chi connectivity index (χ1) is 15.5. The Morgan fingerprint density at radius 3 is 2.58 bits per heavy atom. The number of nitrogens with two attached hydrogens (primary N) is 1. The van der Waals surface area contributed by atoms with Crippen molar-refractivity contribution < 1.29 is 8.78 Å². The third-order valence-corrected chi connectivity index (χ3v) is 8.07. The van der Waals surface area contributed by atoms with E-state index in [0.717, 1.165) is 61.4 Å². The van der Waals surface area contributed by atoms with Gasteiger partial charge in [0.15, 0.2) is 0 Å². The molecule has 1 aliphatic heterocycles. The van der Waals surface area contributed by atoms with Crippen LogP contribution in [0.15, 0.2) is 18.2 Å². The Morgan fingerprint density at radius 2 is 1.88 bits per heavy atom. The van der Waals surface area contributed by atoms with E-state index in [1.54, 1.807) is 12.1 Å². The topological polar surface area (TPSA) is 50.3 Å². The van der Waals surface area contributed by atoms with Gasteiger partial charge >= 0.3 is 0 Å². The fourth-order valence-electron chi connectivity index (χ4n) is 5.02. The molecule has 0 amide bonds. The third kappa shape index (κ3) is 6.01. The Kier molecular flexibility index (Phi) is 7.27. The van der Waals surface area contributed by atoms with Crippen molar-refractivity contribution in [2.45, 2.75) is 89.6 Å². The van der Waals surface area contributed by atoms with Crippen molar-refractivity contribution in [1.29, 1.82) is 0 Å². The van der Waals surface area contributed by atoms with Gasteiger partial charge in [0, 0.05) is 63.1 Å². The molecule has 2 aromatic rings. The van der Waals surface area contributed by atoms with Crippen LogP contribution in [0.25, 0.3) is 11.0 Å². The molecule has 2 heterocycles. The minimum Gasteiger partial charge on any atom is -0.328 e. The maximum atomic E-state index is 13.9. The second-order valence-electron chi connectivity index (χ2n) is 11.0. The second kappa shape index (κ2) is 9.70. The minimum atomic E-state index is -2.50. The molecule has 2 aliphatic rings. The zero-order valence-corrected chi connectivity index (χ0v) is 21.3. The Morgan fingerprint density at radius 1 is 1.15 bits per heavy atom. The summed E-state index contributed by atoms with van der Waals surface area (Å²) in [5.41, 5.74) is 9.11. The molecule has 8 heteroatoms. The zero-order chi connectivity index (χ0) is 23.8. The Labute approximate surface area is 201 Å². The summed E-state index contributed by atoms with van der Waals surface area (Å²) in [6.45, 7) is 9.29. The molecule has 1 aromatic carbocycles. The molecule has 1 aromatic heterocycles. The molecule has 2 N–H and O–H groups in total. The van der Waals surface area contributed by atoms with Crippen LogP contribution in [0, 0.1) is 5.92 Å². The summed E-state index contributed by atoms with van der Waals surface area (Å²) in [6.07, 6.45) is 4.13. The molecule has 1 atom stereocenters. The number of nitrogens with zero attached hydrogens (tertiary/aromatic N) is 4. The number of rotatable bonds is 5. The lowest BCUT2D eigenvalue weighted by molar-refractivity contribution is -0.0149. The fraction of sp³-hybridized carbons (Fsp3) is 0.720. The van der Waals surface area contributed by atoms with E-state index in [-0.39, 0.29) is 24.2 Å². The fourth-order valence-corrected chi connectivity index (χ4v) is 5.95. The van der Waals surface area contributed by atoms with Gasteiger partial charge in [0.05, 0.1) is 16.7 Å². The largest absolute Gasteiger partial charge is 0.328 e. The number of hydrogen-bond donors (Lipinski definition) is 1. The number of imidazole rings is 1. The number of anilines is 1. The van der Waals surface area contributed by atoms with Crippen LogP contribution in [-0.4, -0.2) is 46.0 Å². The van der Waals surface area contributed by atoms with Crippen LogP contribution in [0.2, 0.25) is 0 Å². The molecular formula is C25H39F2N5S. The highest BCUT2D eigenvalue weighted by atomic mass is 32.2. The first-order valence-corrected chi connectivity index (χ1v) is 13.1. The first-order valence-electron chi connectivity index (χ1n) is 12.3. The van der Waals surface area contributed by atoms with Gasteiger partial charge < -0.3 is 14.6 Å². The highest BCUT2D eigenvalue weighted by molar-refractivity contribution is 7.98. The van der Waals surface area contributed by atoms with Crippen molar-refractivity contribution in [3.05, 3.63) is 24.0 Å². The maximum absolute atomic E-state index is 13.9. The van der Waals surface area contributed by atoms with E-state index < -0.39 is 5.92 Å². The first kappa shape index (κ1) is 24.7. The molecule has 0 radical (unpaired) electrons. The smallest absolute Gasteiger partial charge is 0.248 e. The lowest BCUT2D eigenvalue weighted by Crippen LogP contribution is -2.37. The molecule has 5 nitrogen and oxygen atoms in total. The maximum Gasteiger partial charge on any atom is 0.248 e. The van der Waals surface area contributed by atoms with Gasteiger partial charge in [-0.05, 0) is 56.2 Å². The van der Waals surface area contributed by atoms with Gasteiger partial charge in [0.25, 0.3) is 0 Å². The van der Waals surface area contributed by atoms with Crippen molar-refractivity contribution >= 4 is 28.9 Å². The average molecular weight is 480 g/mol. The van der Waals surface area contributed by atoms with Crippen LogP contribution in [0.3, 0.4) is 0 Å². The molecule has 0 spiro atoms. The number of benzene rings is 1. The van der Waals surface area contributed by atoms with Crippen LogP contribution in [0.5, 0.6) is 0 Å². The van der Waals surface area contributed by atoms with Gasteiger partial charge in [0.2, 0.25) is 5.92 Å². The molecule has 1 saturated heterocycles. The minimum absolute atomic E-state index is 0.00269. The van der Waals surface area contributed by atoms with Crippen molar-refractivity contribution in [3.8, 4) is 0 Å². The number of fused-ring (bicyclic) bond motifs is 1. The zero-order valence-electron chi connectivity index (χ0n) is 20.5. The van der Waals surface area contributed by atoms with Crippen molar-refractivity contribution in [3.63, 3.8) is 0 Å². The van der Waals surface area contributed by atoms with E-state index in [9.17, 15) is 8.78 Å². The number of hydrogen-bond acceptors (Lipinski definition) is 5. The van der Waals surface area contributed by atoms with Gasteiger partial charge in [-0.1, -0.05) is 20.8 Å². The Bertz CT molecular complexity index is 946. The summed E-state index contributed by atoms with van der Waals surface area (Å²) >= 11 is 1.74. The Hall–Kier alpha value is -1.38. The monoisotopic (exact) mass is 479 g/mol. The molecule has 0 bridgehead atoms. The Balaban J connectivity index is 1.56. The van der Waals surface area contributed by atoms with E-state index in [0.29, 0.717) is 18.9 Å². The van der Waals surface area contributed by atoms with E-state index in [1.165, 1.54) is 0 Å². The predicted molar refractivity (Wildman–Crippen MR) is 135 cm³/mol. The lowest BCUT2D eigenvalue weighted by atomic mass is 9.94. The number of halogens is 2. The summed E-state index contributed by atoms with van der Waals surface area (Å²) in [5, 5.41) is 0. The van der Waals surface area contributed by atoms with Crippen LogP contribution in [-0.2, 0) is 12.0 Å². The lowest BCUT2D eigenvalue weighted by Gasteiger charge is -2.32. The summed E-state index contributed by atoms with van der Waals surface area (Å²) in [5.74, 6) is -1.21. The van der Waals surface area contributed by atoms with Gasteiger partial charge in [-0.15, -0.1) is 0 Å². The van der Waals surface area contributed by atoms with Gasteiger partial charge in [-0.3, -0.25) is 0 Å². The van der Waals surface area contributed by atoms with Crippen molar-refractivity contribution in [2.24, 2.45) is 11.7 Å². The molecule has 1 aliphatic carbocycles. The number of aromatic nitrogens is 2. The van der Waals surface area contributed by atoms with Crippen LogP contribution >= 0.6 is 12.1 Å². The number of alkyl halides is 2. The molecule has 4 rings (SSSR count). The summed E-state index contributed by atoms with van der Waals surface area (Å²) in [7, 11) is 2.09. The highest BCUT2D eigenvalue weighted by Crippen LogP contribution is 2.37. The van der Waals surface area contributed by atoms with E-state index in [4.69, 9.17) is 10.7 Å². The standard InChI is InChI=1S/C25H39F2N5S/c1-24(2,3)23-29-21-16-20(30(4)33-31-14-10-19(28)11-15-31)7-8-22(21)32(23)17-18-6-5-12-25(26,27)13-9-18/h7-8,16,18-19H,5-6,9-15,17,28H2,1-4H3. The molecule has 2 fully saturated rings. The summed E-state index contributed by atoms with van der Waals surface area (Å²) in [6, 6.07) is 6.78. The molecular weight excluding hydrogens is 440 g/mol. The van der Waals surface area contributed by atoms with Crippen LogP contribution in [0.1, 0.15) is 71.5 Å². The van der Waals surface area contributed by atoms with Gasteiger partial charge in [0.1, 0.15) is 5.82 Å². The third-order valence-electron chi connectivity index (χ3n) is 7.02. The SMILES string of the molecule is CN(SN1CCC(N)CC1)c1ccc2c(c1)nc(C(C)(C)C)n2CC1CCCC(F)(F)CC1. The summed E-state index contributed by atoms with van der Waals surface area (Å²) in [4.78, 5) is 5.05. The molecule has 1 saturated carbocycles. The molecule has 184 valence electrons. The van der Waals surface area contributed by atoms with Crippen molar-refractivity contribution in [1.82, 2.24) is 13.9 Å². The highest BCUT2D eigenvalue weighted by Gasteiger charge is 2.33. The quantitative estimate of drug-likeness (QED) is 0.423. The normalized spacial score (nSPS) is 23.1. The summed E-state index contributed by atoms with van der Waals surface area (Å²) < 4.78 is 34.7. The van der Waals surface area contributed by atoms with Crippen LogP contribution in [0.4, 0.5) is 14.5 Å². The molecule has 33 heavy (non-hydrogen) atoms. The van der Waals surface area contributed by atoms with E-state index in [2.05, 4.69) is 59.2 Å². The van der Waals surface area contributed by atoms with Gasteiger partial charge in [-0.25, -0.2) is 18.1 Å². The van der Waals surface area contributed by atoms with E-state index in [1.807, 2.05) is 0 Å². The van der Waals surface area contributed by atoms with Crippen molar-refractivity contribution in [2.75, 3.05) is 24.4 Å². The molecule has 1 unspecified atom stereocenters. The predicted octanol–water partition coefficient (Wildman–Crippen LogP) is 5.97. The average Bonchev–Trinajstić information content (AvgIpc) is 3.02.